The number of pyridine rings is 1. The smallest absolute Gasteiger partial charge is 0.155 e. The third-order valence-corrected chi connectivity index (χ3v) is 9.77. The quantitative estimate of drug-likeness (QED) is 0.166. The molecule has 0 unspecified atom stereocenters. The summed E-state index contributed by atoms with van der Waals surface area (Å²) in [7, 11) is 0. The van der Waals surface area contributed by atoms with Crippen molar-refractivity contribution in [2.24, 2.45) is 0 Å². The molecule has 5 rings (SSSR count). The first-order valence-corrected chi connectivity index (χ1v) is 17.7. The molecule has 0 bridgehead atoms. The summed E-state index contributed by atoms with van der Waals surface area (Å²) < 4.78 is 4.03. The first-order chi connectivity index (χ1) is 21.1. The Bertz CT molecular complexity index is 1620. The lowest BCUT2D eigenvalue weighted by Crippen LogP contribution is -2.13. The molecule has 0 N–H and O–H groups in total. The van der Waals surface area contributed by atoms with E-state index in [4.69, 9.17) is 0 Å². The maximum Gasteiger partial charge on any atom is 0.155 e. The Kier molecular flexibility index (Phi) is 10.7. The monoisotopic (exact) mass is 658 g/mol. The third kappa shape index (κ3) is 10.2. The van der Waals surface area contributed by atoms with Crippen LogP contribution in [0.15, 0.2) is 49.2 Å². The summed E-state index contributed by atoms with van der Waals surface area (Å²) in [5.74, 6) is 0. The fourth-order valence-electron chi connectivity index (χ4n) is 4.39. The molecule has 258 valence electrons. The highest BCUT2D eigenvalue weighted by molar-refractivity contribution is 7.11. The Morgan fingerprint density at radius 2 is 1.09 bits per heavy atom. The number of nitrogens with zero attached hydrogens (tertiary/aromatic N) is 6. The van der Waals surface area contributed by atoms with E-state index in [1.807, 2.05) is 28.2 Å². The van der Waals surface area contributed by atoms with Crippen LogP contribution in [0.5, 0.6) is 0 Å². The van der Waals surface area contributed by atoms with Crippen molar-refractivity contribution in [2.45, 2.75) is 157 Å². The molecule has 0 saturated heterocycles. The van der Waals surface area contributed by atoms with Gasteiger partial charge in [-0.1, -0.05) is 131 Å². The van der Waals surface area contributed by atoms with Crippen LogP contribution in [-0.2, 0) is 32.5 Å². The fourth-order valence-corrected chi connectivity index (χ4v) is 5.43. The van der Waals surface area contributed by atoms with Gasteiger partial charge in [-0.2, -0.15) is 5.10 Å². The van der Waals surface area contributed by atoms with Crippen molar-refractivity contribution in [1.82, 2.24) is 29.0 Å². The van der Waals surface area contributed by atoms with E-state index >= 15 is 0 Å². The zero-order chi connectivity index (χ0) is 36.0. The number of hydrogen-bond donors (Lipinski definition) is 0. The first kappa shape index (κ1) is 38.4. The zero-order valence-electron chi connectivity index (χ0n) is 32.7. The van der Waals surface area contributed by atoms with E-state index in [1.54, 1.807) is 0 Å². The minimum absolute atomic E-state index is 0.0651. The Hall–Kier alpha value is -3.06. The van der Waals surface area contributed by atoms with Crippen molar-refractivity contribution in [3.8, 4) is 0 Å². The third-order valence-electron chi connectivity index (χ3n) is 7.92. The van der Waals surface area contributed by atoms with Crippen molar-refractivity contribution in [2.75, 3.05) is 0 Å². The van der Waals surface area contributed by atoms with Gasteiger partial charge in [-0.05, 0) is 33.4 Å². The van der Waals surface area contributed by atoms with Crippen molar-refractivity contribution in [3.63, 3.8) is 0 Å². The van der Waals surface area contributed by atoms with E-state index in [-0.39, 0.29) is 32.5 Å². The summed E-state index contributed by atoms with van der Waals surface area (Å²) in [5, 5.41) is 5.85. The molecule has 0 aliphatic rings. The van der Waals surface area contributed by atoms with Crippen LogP contribution in [0.1, 0.15) is 157 Å². The van der Waals surface area contributed by atoms with Gasteiger partial charge in [0, 0.05) is 58.2 Å². The molecule has 47 heavy (non-hydrogen) atoms. The molecule has 0 spiro atoms. The van der Waals surface area contributed by atoms with Crippen LogP contribution in [0.4, 0.5) is 0 Å². The molecule has 0 aliphatic carbocycles. The van der Waals surface area contributed by atoms with E-state index in [9.17, 15) is 0 Å². The molecule has 5 aromatic heterocycles. The Labute approximate surface area is 289 Å². The van der Waals surface area contributed by atoms with E-state index in [0.717, 1.165) is 22.7 Å². The number of aromatic nitrogens is 6. The molecule has 7 heteroatoms. The maximum absolute atomic E-state index is 4.67. The lowest BCUT2D eigenvalue weighted by molar-refractivity contribution is 0.558. The molecule has 0 saturated carbocycles. The van der Waals surface area contributed by atoms with Crippen LogP contribution >= 0.6 is 11.3 Å². The van der Waals surface area contributed by atoms with Crippen LogP contribution in [0, 0.1) is 0 Å². The zero-order valence-corrected chi connectivity index (χ0v) is 33.5. The number of fused-ring (bicyclic) bond motifs is 2. The Balaban J connectivity index is 0.000000194. The minimum atomic E-state index is 0.0651. The Morgan fingerprint density at radius 1 is 0.511 bits per heavy atom. The lowest BCUT2D eigenvalue weighted by atomic mass is 9.88. The highest BCUT2D eigenvalue weighted by Crippen LogP contribution is 2.33. The van der Waals surface area contributed by atoms with Gasteiger partial charge < -0.3 is 4.40 Å². The summed E-state index contributed by atoms with van der Waals surface area (Å²) in [4.78, 5) is 15.0. The van der Waals surface area contributed by atoms with Crippen molar-refractivity contribution >= 4 is 22.6 Å². The standard InChI is InChI=1S/C15H22N2.C14H21N3.C11H19NS/c1-14(2,3)11-7-8-13-16-12(15(4,5)6)10-17(13)9-11;1-13(2,3)10-8-15-12-7-11(14(4,5)6)16-17(12)9-10;1-10(2,3)8-7-12-9(13-8)11(4,5)6/h7-10H,1-6H3;7-9H,1-6H3;7H,1-6H3. The number of rotatable bonds is 0. The predicted molar refractivity (Wildman–Crippen MR) is 202 cm³/mol. The second-order valence-corrected chi connectivity index (χ2v) is 20.0. The molecule has 0 amide bonds. The molecule has 6 nitrogen and oxygen atoms in total. The van der Waals surface area contributed by atoms with Crippen LogP contribution in [-0.4, -0.2) is 29.0 Å². The van der Waals surface area contributed by atoms with E-state index in [2.05, 4.69) is 186 Å². The van der Waals surface area contributed by atoms with Crippen molar-refractivity contribution in [1.29, 1.82) is 0 Å². The average Bonchev–Trinajstić information content (AvgIpc) is 3.64. The summed E-state index contributed by atoms with van der Waals surface area (Å²) >= 11 is 1.84. The molecule has 0 aliphatic heterocycles. The molecular formula is C40H62N6S. The van der Waals surface area contributed by atoms with Crippen LogP contribution in [0.2, 0.25) is 0 Å². The summed E-state index contributed by atoms with van der Waals surface area (Å²) in [5.41, 5.74) is 7.59. The topological polar surface area (TPSA) is 60.4 Å². The molecular weight excluding hydrogens is 597 g/mol. The number of hydrogen-bond acceptors (Lipinski definition) is 5. The maximum atomic E-state index is 4.67. The SMILES string of the molecule is CC(C)(C)c1ccc2nc(C(C)(C)C)cn2c1.CC(C)(C)c1cnc(C(C)(C)C)s1.CC(C)(C)c1cnc2cc(C(C)(C)C)nn2c1. The Morgan fingerprint density at radius 3 is 1.53 bits per heavy atom. The fraction of sp³-hybridized carbons (Fsp3) is 0.600. The van der Waals surface area contributed by atoms with E-state index in [0.29, 0.717) is 0 Å². The van der Waals surface area contributed by atoms with E-state index < -0.39 is 0 Å². The average molecular weight is 659 g/mol. The second-order valence-electron chi connectivity index (χ2n) is 19.0. The van der Waals surface area contributed by atoms with Gasteiger partial charge in [0.25, 0.3) is 0 Å². The van der Waals surface area contributed by atoms with Crippen molar-refractivity contribution < 1.29 is 0 Å². The van der Waals surface area contributed by atoms with Gasteiger partial charge in [0.2, 0.25) is 0 Å². The predicted octanol–water partition coefficient (Wildman–Crippen LogP) is 11.0. The number of imidazole rings is 1. The summed E-state index contributed by atoms with van der Waals surface area (Å²) in [6, 6.07) is 6.34. The van der Waals surface area contributed by atoms with Crippen LogP contribution in [0.3, 0.4) is 0 Å². The second kappa shape index (κ2) is 13.1. The summed E-state index contributed by atoms with van der Waals surface area (Å²) in [6.07, 6.45) is 10.4. The molecule has 0 fully saturated rings. The van der Waals surface area contributed by atoms with Gasteiger partial charge in [-0.25, -0.2) is 19.5 Å². The van der Waals surface area contributed by atoms with Gasteiger partial charge in [-0.15, -0.1) is 11.3 Å². The lowest BCUT2D eigenvalue weighted by Gasteiger charge is -2.18. The molecule has 0 atom stereocenters. The van der Waals surface area contributed by atoms with Gasteiger partial charge >= 0.3 is 0 Å². The molecule has 0 radical (unpaired) electrons. The van der Waals surface area contributed by atoms with Crippen molar-refractivity contribution in [3.05, 3.63) is 81.6 Å². The van der Waals surface area contributed by atoms with Gasteiger partial charge in [0.15, 0.2) is 5.65 Å². The van der Waals surface area contributed by atoms with Crippen LogP contribution < -0.4 is 0 Å². The number of thiazole rings is 1. The minimum Gasteiger partial charge on any atom is -0.307 e. The van der Waals surface area contributed by atoms with Gasteiger partial charge in [0.1, 0.15) is 5.65 Å². The largest absolute Gasteiger partial charge is 0.307 e. The highest BCUT2D eigenvalue weighted by atomic mass is 32.1. The molecule has 0 aromatic carbocycles. The summed E-state index contributed by atoms with van der Waals surface area (Å²) in [6.45, 7) is 39.6. The van der Waals surface area contributed by atoms with E-state index in [1.165, 1.54) is 21.0 Å². The highest BCUT2D eigenvalue weighted by Gasteiger charge is 2.23. The first-order valence-electron chi connectivity index (χ1n) is 16.9. The van der Waals surface area contributed by atoms with Crippen LogP contribution in [0.25, 0.3) is 11.3 Å². The van der Waals surface area contributed by atoms with Gasteiger partial charge in [-0.3, -0.25) is 0 Å². The molecule has 5 aromatic rings. The van der Waals surface area contributed by atoms with Gasteiger partial charge in [0.05, 0.1) is 16.4 Å². The molecule has 5 heterocycles. The normalized spacial score (nSPS) is 13.3.